The molecule has 2 atom stereocenters. The number of nitrogens with two attached hydrogens (primary N) is 1. The van der Waals surface area contributed by atoms with Gasteiger partial charge in [0.2, 0.25) is 11.8 Å². The lowest BCUT2D eigenvalue weighted by atomic mass is 10.0. The lowest BCUT2D eigenvalue weighted by Gasteiger charge is -2.18. The van der Waals surface area contributed by atoms with Gasteiger partial charge in [-0.15, -0.1) is 11.8 Å². The van der Waals surface area contributed by atoms with Crippen molar-refractivity contribution in [3.05, 3.63) is 65.2 Å². The number of carbonyl (C=O) groups excluding carboxylic acids is 2. The molecule has 3 N–H and O–H groups in total. The topological polar surface area (TPSA) is 72.2 Å². The summed E-state index contributed by atoms with van der Waals surface area (Å²) in [5, 5.41) is 2.57. The Morgan fingerprint density at radius 3 is 2.65 bits per heavy atom. The standard InChI is InChI=1S/C18H18N2O2S/c1-11-7-8-13-10-15(23-14(13)9-11)18(22)20-16(17(19)21)12-5-3-2-4-6-12/h2-9,15-16H,10H2,1H3,(H2,19,21)(H,20,22)/t15-,16+/m1/s1. The van der Waals surface area contributed by atoms with E-state index in [-0.39, 0.29) is 11.2 Å². The van der Waals surface area contributed by atoms with Gasteiger partial charge < -0.3 is 11.1 Å². The number of primary amides is 1. The monoisotopic (exact) mass is 326 g/mol. The second-order valence-corrected chi connectivity index (χ2v) is 6.92. The highest BCUT2D eigenvalue weighted by Crippen LogP contribution is 2.37. The van der Waals surface area contributed by atoms with Crippen LogP contribution in [0.25, 0.3) is 0 Å². The summed E-state index contributed by atoms with van der Waals surface area (Å²) in [5.41, 5.74) is 8.51. The summed E-state index contributed by atoms with van der Waals surface area (Å²) in [6, 6.07) is 14.5. The third kappa shape index (κ3) is 3.40. The maximum atomic E-state index is 12.5. The van der Waals surface area contributed by atoms with Gasteiger partial charge in [-0.1, -0.05) is 48.0 Å². The number of hydrogen-bond donors (Lipinski definition) is 2. The molecule has 0 bridgehead atoms. The van der Waals surface area contributed by atoms with Gasteiger partial charge in [-0.3, -0.25) is 9.59 Å². The Morgan fingerprint density at radius 1 is 1.22 bits per heavy atom. The molecule has 1 aliphatic heterocycles. The van der Waals surface area contributed by atoms with E-state index in [2.05, 4.69) is 23.5 Å². The number of rotatable bonds is 4. The Balaban J connectivity index is 1.73. The molecule has 0 aromatic heterocycles. The molecule has 4 nitrogen and oxygen atoms in total. The van der Waals surface area contributed by atoms with Crippen molar-refractivity contribution >= 4 is 23.6 Å². The average molecular weight is 326 g/mol. The largest absolute Gasteiger partial charge is 0.368 e. The van der Waals surface area contributed by atoms with Gasteiger partial charge in [0, 0.05) is 4.90 Å². The minimum atomic E-state index is -0.797. The molecule has 2 aromatic carbocycles. The Bertz CT molecular complexity index is 746. The van der Waals surface area contributed by atoms with E-state index >= 15 is 0 Å². The van der Waals surface area contributed by atoms with E-state index in [1.165, 1.54) is 11.1 Å². The minimum Gasteiger partial charge on any atom is -0.368 e. The van der Waals surface area contributed by atoms with E-state index in [1.807, 2.05) is 25.1 Å². The van der Waals surface area contributed by atoms with Crippen molar-refractivity contribution in [2.45, 2.75) is 29.5 Å². The van der Waals surface area contributed by atoms with E-state index in [4.69, 9.17) is 5.73 Å². The number of carbonyl (C=O) groups is 2. The maximum Gasteiger partial charge on any atom is 0.244 e. The molecular weight excluding hydrogens is 308 g/mol. The van der Waals surface area contributed by atoms with Crippen molar-refractivity contribution in [3.8, 4) is 0 Å². The normalized spacial score (nSPS) is 17.3. The van der Waals surface area contributed by atoms with Crippen LogP contribution in [0.3, 0.4) is 0 Å². The molecule has 0 spiro atoms. The highest BCUT2D eigenvalue weighted by molar-refractivity contribution is 8.01. The van der Waals surface area contributed by atoms with Crippen LogP contribution in [0, 0.1) is 6.92 Å². The van der Waals surface area contributed by atoms with Crippen LogP contribution in [0.5, 0.6) is 0 Å². The van der Waals surface area contributed by atoms with E-state index in [0.29, 0.717) is 12.0 Å². The van der Waals surface area contributed by atoms with Crippen LogP contribution in [0.4, 0.5) is 0 Å². The van der Waals surface area contributed by atoms with Crippen LogP contribution in [0.2, 0.25) is 0 Å². The first kappa shape index (κ1) is 15.6. The zero-order valence-electron chi connectivity index (χ0n) is 12.8. The van der Waals surface area contributed by atoms with Gasteiger partial charge >= 0.3 is 0 Å². The lowest BCUT2D eigenvalue weighted by Crippen LogP contribution is -2.41. The predicted octanol–water partition coefficient (Wildman–Crippen LogP) is 2.35. The zero-order chi connectivity index (χ0) is 16.4. The van der Waals surface area contributed by atoms with Crippen molar-refractivity contribution in [1.82, 2.24) is 5.32 Å². The first-order valence-electron chi connectivity index (χ1n) is 7.45. The Kier molecular flexibility index (Phi) is 4.39. The zero-order valence-corrected chi connectivity index (χ0v) is 13.6. The smallest absolute Gasteiger partial charge is 0.244 e. The fourth-order valence-electron chi connectivity index (χ4n) is 2.68. The number of thioether (sulfide) groups is 1. The molecule has 0 saturated heterocycles. The van der Waals surface area contributed by atoms with Crippen molar-refractivity contribution in [1.29, 1.82) is 0 Å². The Morgan fingerprint density at radius 2 is 1.96 bits per heavy atom. The first-order chi connectivity index (χ1) is 11.0. The van der Waals surface area contributed by atoms with Crippen LogP contribution >= 0.6 is 11.8 Å². The lowest BCUT2D eigenvalue weighted by molar-refractivity contribution is -0.127. The minimum absolute atomic E-state index is 0.156. The molecule has 2 aromatic rings. The van der Waals surface area contributed by atoms with E-state index in [0.717, 1.165) is 4.90 Å². The summed E-state index contributed by atoms with van der Waals surface area (Å²) in [4.78, 5) is 25.4. The maximum absolute atomic E-state index is 12.5. The molecule has 0 radical (unpaired) electrons. The first-order valence-corrected chi connectivity index (χ1v) is 8.33. The van der Waals surface area contributed by atoms with Gasteiger partial charge in [0.1, 0.15) is 6.04 Å². The van der Waals surface area contributed by atoms with E-state index in [9.17, 15) is 9.59 Å². The molecule has 0 fully saturated rings. The van der Waals surface area contributed by atoms with Crippen molar-refractivity contribution in [3.63, 3.8) is 0 Å². The second-order valence-electron chi connectivity index (χ2n) is 5.68. The molecule has 1 aliphatic rings. The number of benzene rings is 2. The van der Waals surface area contributed by atoms with Crippen LogP contribution in [-0.4, -0.2) is 17.1 Å². The number of aryl methyl sites for hydroxylation is 1. The van der Waals surface area contributed by atoms with Gasteiger partial charge in [0.25, 0.3) is 0 Å². The highest BCUT2D eigenvalue weighted by Gasteiger charge is 2.31. The second kappa shape index (κ2) is 6.46. The molecule has 5 heteroatoms. The summed E-state index contributed by atoms with van der Waals surface area (Å²) < 4.78 is 0. The van der Waals surface area contributed by atoms with E-state index in [1.54, 1.807) is 23.9 Å². The summed E-state index contributed by atoms with van der Waals surface area (Å²) in [7, 11) is 0. The van der Waals surface area contributed by atoms with Gasteiger partial charge in [-0.25, -0.2) is 0 Å². The number of hydrogen-bond acceptors (Lipinski definition) is 3. The number of nitrogens with one attached hydrogen (secondary N) is 1. The molecule has 0 saturated carbocycles. The quantitative estimate of drug-likeness (QED) is 0.906. The molecule has 23 heavy (non-hydrogen) atoms. The molecule has 118 valence electrons. The predicted molar refractivity (Wildman–Crippen MR) is 91.0 cm³/mol. The van der Waals surface area contributed by atoms with Crippen molar-refractivity contribution < 1.29 is 9.59 Å². The van der Waals surface area contributed by atoms with Gasteiger partial charge in [0.15, 0.2) is 0 Å². The fraction of sp³-hybridized carbons (Fsp3) is 0.222. The summed E-state index contributed by atoms with van der Waals surface area (Å²) in [6.45, 7) is 2.03. The summed E-state index contributed by atoms with van der Waals surface area (Å²) in [5.74, 6) is -0.711. The Labute approximate surface area is 139 Å². The molecule has 3 rings (SSSR count). The molecule has 2 amide bonds. The molecule has 0 aliphatic carbocycles. The number of fused-ring (bicyclic) bond motifs is 1. The highest BCUT2D eigenvalue weighted by atomic mass is 32.2. The number of amides is 2. The molecule has 0 unspecified atom stereocenters. The third-order valence-corrected chi connectivity index (χ3v) is 5.19. The van der Waals surface area contributed by atoms with Crippen LogP contribution < -0.4 is 11.1 Å². The van der Waals surface area contributed by atoms with Crippen LogP contribution in [0.15, 0.2) is 53.4 Å². The van der Waals surface area contributed by atoms with Crippen molar-refractivity contribution in [2.75, 3.05) is 0 Å². The van der Waals surface area contributed by atoms with Gasteiger partial charge in [-0.05, 0) is 30.5 Å². The van der Waals surface area contributed by atoms with Crippen LogP contribution in [-0.2, 0) is 16.0 Å². The summed E-state index contributed by atoms with van der Waals surface area (Å²) >= 11 is 1.54. The van der Waals surface area contributed by atoms with E-state index < -0.39 is 11.9 Å². The van der Waals surface area contributed by atoms with Gasteiger partial charge in [0.05, 0.1) is 5.25 Å². The fourth-order valence-corrected chi connectivity index (χ4v) is 3.98. The summed E-state index contributed by atoms with van der Waals surface area (Å²) in [6.07, 6.45) is 0.673. The molecular formula is C18H18N2O2S. The average Bonchev–Trinajstić information content (AvgIpc) is 2.96. The Hall–Kier alpha value is -2.27. The van der Waals surface area contributed by atoms with Gasteiger partial charge in [-0.2, -0.15) is 0 Å². The van der Waals surface area contributed by atoms with Crippen LogP contribution in [0.1, 0.15) is 22.7 Å². The van der Waals surface area contributed by atoms with Crippen molar-refractivity contribution in [2.24, 2.45) is 5.73 Å². The third-order valence-electron chi connectivity index (χ3n) is 3.89. The molecule has 1 heterocycles. The SMILES string of the molecule is Cc1ccc2c(c1)S[C@@H](C(=O)N[C@H](C(N)=O)c1ccccc1)C2.